The van der Waals surface area contributed by atoms with Crippen LogP contribution >= 0.6 is 0 Å². The molecule has 2 aliphatic rings. The lowest BCUT2D eigenvalue weighted by molar-refractivity contribution is -0.172. The molecule has 2 rings (SSSR count). The van der Waals surface area contributed by atoms with E-state index in [4.69, 9.17) is 4.74 Å². The summed E-state index contributed by atoms with van der Waals surface area (Å²) < 4.78 is 6.01. The molecule has 1 spiro atoms. The molecule has 110 valence electrons. The molecule has 0 aliphatic heterocycles. The molecule has 2 saturated carbocycles. The molecule has 0 radical (unpaired) electrons. The molecule has 0 aromatic heterocycles. The third kappa shape index (κ3) is 2.55. The Labute approximate surface area is 118 Å². The molecular formula is C17H30O2. The quantitative estimate of drug-likeness (QED) is 0.691. The molecular weight excluding hydrogens is 236 g/mol. The number of ether oxygens (including phenoxy) is 1. The fourth-order valence-electron chi connectivity index (χ4n) is 4.28. The molecule has 0 aromatic carbocycles. The average molecular weight is 266 g/mol. The van der Waals surface area contributed by atoms with Gasteiger partial charge in [-0.2, -0.15) is 0 Å². The average Bonchev–Trinajstić information content (AvgIpc) is 2.81. The Bertz CT molecular complexity index is 352. The lowest BCUT2D eigenvalue weighted by Crippen LogP contribution is -2.42. The van der Waals surface area contributed by atoms with Crippen LogP contribution in [0.4, 0.5) is 0 Å². The van der Waals surface area contributed by atoms with Crippen molar-refractivity contribution in [2.75, 3.05) is 0 Å². The first kappa shape index (κ1) is 14.9. The zero-order chi connectivity index (χ0) is 14.3. The number of rotatable bonds is 3. The van der Waals surface area contributed by atoms with E-state index >= 15 is 0 Å². The van der Waals surface area contributed by atoms with Crippen molar-refractivity contribution in [2.24, 2.45) is 16.7 Å². The molecule has 0 saturated heterocycles. The van der Waals surface area contributed by atoms with Gasteiger partial charge in [-0.05, 0) is 44.4 Å². The molecule has 19 heavy (non-hydrogen) atoms. The Hall–Kier alpha value is -0.530. The normalized spacial score (nSPS) is 33.5. The van der Waals surface area contributed by atoms with Gasteiger partial charge in [0.2, 0.25) is 0 Å². The van der Waals surface area contributed by atoms with Gasteiger partial charge in [0.05, 0.1) is 5.92 Å². The van der Waals surface area contributed by atoms with Gasteiger partial charge in [0.25, 0.3) is 0 Å². The first-order valence-electron chi connectivity index (χ1n) is 7.97. The van der Waals surface area contributed by atoms with E-state index in [1.807, 2.05) is 13.8 Å². The van der Waals surface area contributed by atoms with Crippen LogP contribution in [-0.4, -0.2) is 11.6 Å². The van der Waals surface area contributed by atoms with Gasteiger partial charge in [0.15, 0.2) is 0 Å². The molecule has 2 heteroatoms. The summed E-state index contributed by atoms with van der Waals surface area (Å²) in [5.41, 5.74) is 0.270. The minimum Gasteiger partial charge on any atom is -0.459 e. The van der Waals surface area contributed by atoms with Crippen LogP contribution in [0.2, 0.25) is 0 Å². The molecule has 2 nitrogen and oxygen atoms in total. The van der Waals surface area contributed by atoms with Crippen molar-refractivity contribution < 1.29 is 9.53 Å². The molecule has 2 atom stereocenters. The van der Waals surface area contributed by atoms with E-state index in [1.54, 1.807) is 0 Å². The molecule has 0 aromatic rings. The van der Waals surface area contributed by atoms with Crippen LogP contribution in [0.15, 0.2) is 0 Å². The van der Waals surface area contributed by atoms with Crippen LogP contribution < -0.4 is 0 Å². The fourth-order valence-corrected chi connectivity index (χ4v) is 4.28. The Morgan fingerprint density at radius 3 is 2.26 bits per heavy atom. The van der Waals surface area contributed by atoms with Crippen LogP contribution in [0.5, 0.6) is 0 Å². The van der Waals surface area contributed by atoms with Gasteiger partial charge in [0.1, 0.15) is 5.60 Å². The summed E-state index contributed by atoms with van der Waals surface area (Å²) in [6.45, 7) is 10.7. The monoisotopic (exact) mass is 266 g/mol. The minimum atomic E-state index is -0.280. The van der Waals surface area contributed by atoms with E-state index in [2.05, 4.69) is 20.8 Å². The van der Waals surface area contributed by atoms with E-state index in [-0.39, 0.29) is 22.9 Å². The summed E-state index contributed by atoms with van der Waals surface area (Å²) in [5.74, 6) is 0.0147. The molecule has 0 amide bonds. The second-order valence-electron chi connectivity index (χ2n) is 7.91. The molecule has 2 fully saturated rings. The topological polar surface area (TPSA) is 26.3 Å². The van der Waals surface area contributed by atoms with Crippen molar-refractivity contribution in [3.63, 3.8) is 0 Å². The number of hydrogen-bond acceptors (Lipinski definition) is 2. The van der Waals surface area contributed by atoms with Gasteiger partial charge in [-0.25, -0.2) is 0 Å². The van der Waals surface area contributed by atoms with Crippen molar-refractivity contribution in [1.82, 2.24) is 0 Å². The lowest BCUT2D eigenvalue weighted by Gasteiger charge is -2.38. The SMILES string of the molecule is CCC(C)C(=O)OC1(C)CC2(CCCC2)CC1(C)C. The molecule has 2 unspecified atom stereocenters. The van der Waals surface area contributed by atoms with Crippen molar-refractivity contribution in [3.8, 4) is 0 Å². The molecule has 0 bridgehead atoms. The third-order valence-corrected chi connectivity index (χ3v) is 5.97. The Balaban J connectivity index is 2.15. The minimum absolute atomic E-state index is 0.00637. The van der Waals surface area contributed by atoms with E-state index < -0.39 is 0 Å². The zero-order valence-electron chi connectivity index (χ0n) is 13.3. The maximum Gasteiger partial charge on any atom is 0.309 e. The standard InChI is InChI=1S/C17H30O2/c1-6-13(2)14(18)19-16(5)12-17(9-7-8-10-17)11-15(16,3)4/h13H,6-12H2,1-5H3. The van der Waals surface area contributed by atoms with E-state index in [0.29, 0.717) is 5.41 Å². The second-order valence-corrected chi connectivity index (χ2v) is 7.91. The van der Waals surface area contributed by atoms with Crippen molar-refractivity contribution in [3.05, 3.63) is 0 Å². The Morgan fingerprint density at radius 2 is 1.74 bits per heavy atom. The molecule has 0 N–H and O–H groups in total. The molecule has 2 aliphatic carbocycles. The van der Waals surface area contributed by atoms with Gasteiger partial charge in [0, 0.05) is 5.41 Å². The highest BCUT2D eigenvalue weighted by atomic mass is 16.6. The maximum atomic E-state index is 12.2. The highest BCUT2D eigenvalue weighted by Crippen LogP contribution is 2.62. The van der Waals surface area contributed by atoms with Gasteiger partial charge < -0.3 is 4.74 Å². The number of carbonyl (C=O) groups is 1. The van der Waals surface area contributed by atoms with Crippen molar-refractivity contribution >= 4 is 5.97 Å². The van der Waals surface area contributed by atoms with Crippen LogP contribution in [-0.2, 0) is 9.53 Å². The zero-order valence-corrected chi connectivity index (χ0v) is 13.3. The predicted molar refractivity (Wildman–Crippen MR) is 77.9 cm³/mol. The number of hydrogen-bond donors (Lipinski definition) is 0. The highest BCUT2D eigenvalue weighted by molar-refractivity contribution is 5.72. The van der Waals surface area contributed by atoms with Gasteiger partial charge in [-0.15, -0.1) is 0 Å². The summed E-state index contributed by atoms with van der Waals surface area (Å²) in [7, 11) is 0. The van der Waals surface area contributed by atoms with Crippen molar-refractivity contribution in [2.45, 2.75) is 85.2 Å². The van der Waals surface area contributed by atoms with E-state index in [1.165, 1.54) is 32.1 Å². The van der Waals surface area contributed by atoms with Gasteiger partial charge in [-0.3, -0.25) is 4.79 Å². The lowest BCUT2D eigenvalue weighted by atomic mass is 9.78. The van der Waals surface area contributed by atoms with E-state index in [0.717, 1.165) is 12.8 Å². The summed E-state index contributed by atoms with van der Waals surface area (Å²) in [6.07, 6.45) is 8.50. The van der Waals surface area contributed by atoms with Crippen molar-refractivity contribution in [1.29, 1.82) is 0 Å². The van der Waals surface area contributed by atoms with Gasteiger partial charge >= 0.3 is 5.97 Å². The van der Waals surface area contributed by atoms with E-state index in [9.17, 15) is 4.79 Å². The second kappa shape index (κ2) is 4.79. The van der Waals surface area contributed by atoms with Gasteiger partial charge in [-0.1, -0.05) is 40.5 Å². The smallest absolute Gasteiger partial charge is 0.309 e. The maximum absolute atomic E-state index is 12.2. The first-order chi connectivity index (χ1) is 8.74. The fraction of sp³-hybridized carbons (Fsp3) is 0.941. The summed E-state index contributed by atoms with van der Waals surface area (Å²) in [6, 6.07) is 0. The summed E-state index contributed by atoms with van der Waals surface area (Å²) in [4.78, 5) is 12.2. The number of carbonyl (C=O) groups excluding carboxylic acids is 1. The van der Waals surface area contributed by atoms with Crippen LogP contribution in [0.3, 0.4) is 0 Å². The third-order valence-electron chi connectivity index (χ3n) is 5.97. The summed E-state index contributed by atoms with van der Waals surface area (Å²) in [5, 5.41) is 0. The highest BCUT2D eigenvalue weighted by Gasteiger charge is 2.59. The Morgan fingerprint density at radius 1 is 1.16 bits per heavy atom. The number of esters is 1. The first-order valence-corrected chi connectivity index (χ1v) is 7.97. The predicted octanol–water partition coefficient (Wildman–Crippen LogP) is 4.71. The summed E-state index contributed by atoms with van der Waals surface area (Å²) >= 11 is 0. The van der Waals surface area contributed by atoms with Crippen LogP contribution in [0.1, 0.15) is 79.6 Å². The van der Waals surface area contributed by atoms with Crippen LogP contribution in [0.25, 0.3) is 0 Å². The van der Waals surface area contributed by atoms with Crippen LogP contribution in [0, 0.1) is 16.7 Å². The Kier molecular flexibility index (Phi) is 3.75. The largest absolute Gasteiger partial charge is 0.459 e. The molecule has 0 heterocycles.